The summed E-state index contributed by atoms with van der Waals surface area (Å²) < 4.78 is 2.24. The highest BCUT2D eigenvalue weighted by Gasteiger charge is 2.04. The summed E-state index contributed by atoms with van der Waals surface area (Å²) in [6.45, 7) is 2.59. The number of hydrogen-bond acceptors (Lipinski definition) is 3. The fourth-order valence-corrected chi connectivity index (χ4v) is 1.91. The summed E-state index contributed by atoms with van der Waals surface area (Å²) in [6.07, 6.45) is 4.75. The van der Waals surface area contributed by atoms with Gasteiger partial charge < -0.3 is 0 Å². The molecule has 15 heavy (non-hydrogen) atoms. The normalized spacial score (nSPS) is 10.6. The van der Waals surface area contributed by atoms with Gasteiger partial charge in [0.25, 0.3) is 5.56 Å². The van der Waals surface area contributed by atoms with Crippen molar-refractivity contribution in [3.05, 3.63) is 26.8 Å². The highest BCUT2D eigenvalue weighted by Crippen LogP contribution is 2.04. The molecule has 5 heteroatoms. The highest BCUT2D eigenvalue weighted by molar-refractivity contribution is 9.10. The van der Waals surface area contributed by atoms with E-state index in [1.165, 1.54) is 0 Å². The van der Waals surface area contributed by atoms with Crippen LogP contribution in [0.4, 0.5) is 0 Å². The Bertz CT molecular complexity index is 378. The summed E-state index contributed by atoms with van der Waals surface area (Å²) in [5.74, 6) is 1.68. The maximum absolute atomic E-state index is 11.7. The molecular weight excluding hydrogens is 276 g/mol. The molecule has 1 aromatic heterocycles. The number of unbranched alkanes of at least 4 members (excludes halogenated alkanes) is 2. The van der Waals surface area contributed by atoms with Gasteiger partial charge in [-0.3, -0.25) is 9.36 Å². The Kier molecular flexibility index (Phi) is 5.39. The maximum atomic E-state index is 11.7. The van der Waals surface area contributed by atoms with Crippen LogP contribution < -0.4 is 5.56 Å². The number of nitrogens with zero attached hydrogens (tertiary/aromatic N) is 2. The Hall–Kier alpha value is -0.290. The lowest BCUT2D eigenvalue weighted by atomic mass is 10.2. The molecule has 0 N–H and O–H groups in total. The van der Waals surface area contributed by atoms with E-state index in [1.807, 2.05) is 6.92 Å². The van der Waals surface area contributed by atoms with Gasteiger partial charge in [0, 0.05) is 12.7 Å². The van der Waals surface area contributed by atoms with E-state index >= 15 is 0 Å². The lowest BCUT2D eigenvalue weighted by molar-refractivity contribution is 0.565. The molecule has 0 amide bonds. The van der Waals surface area contributed by atoms with Crippen LogP contribution in [0.2, 0.25) is 0 Å². The first-order valence-corrected chi connectivity index (χ1v) is 6.42. The predicted molar refractivity (Wildman–Crippen MR) is 68.6 cm³/mol. The van der Waals surface area contributed by atoms with Crippen LogP contribution in [0, 0.1) is 6.92 Å². The molecule has 1 rings (SSSR count). The first-order valence-electron chi connectivity index (χ1n) is 4.99. The van der Waals surface area contributed by atoms with Crippen LogP contribution in [-0.4, -0.2) is 15.3 Å². The molecule has 0 aliphatic carbocycles. The SMILES string of the molecule is Cc1ncc(Br)c(=O)n1CCCCCS. The van der Waals surface area contributed by atoms with Crippen LogP contribution in [0.25, 0.3) is 0 Å². The van der Waals surface area contributed by atoms with Crippen LogP contribution in [0.15, 0.2) is 15.5 Å². The number of halogens is 1. The van der Waals surface area contributed by atoms with E-state index in [4.69, 9.17) is 0 Å². The molecule has 3 nitrogen and oxygen atoms in total. The Morgan fingerprint density at radius 3 is 2.87 bits per heavy atom. The van der Waals surface area contributed by atoms with Crippen LogP contribution in [-0.2, 0) is 6.54 Å². The first kappa shape index (κ1) is 12.8. The van der Waals surface area contributed by atoms with Crippen molar-refractivity contribution in [3.63, 3.8) is 0 Å². The van der Waals surface area contributed by atoms with Gasteiger partial charge in [-0.15, -0.1) is 0 Å². The largest absolute Gasteiger partial charge is 0.296 e. The van der Waals surface area contributed by atoms with Gasteiger partial charge in [-0.1, -0.05) is 6.42 Å². The van der Waals surface area contributed by atoms with Crippen molar-refractivity contribution in [3.8, 4) is 0 Å². The number of rotatable bonds is 5. The van der Waals surface area contributed by atoms with E-state index in [-0.39, 0.29) is 5.56 Å². The molecule has 0 bridgehead atoms. The van der Waals surface area contributed by atoms with Gasteiger partial charge in [0.2, 0.25) is 0 Å². The minimum atomic E-state index is 0.00775. The standard InChI is InChI=1S/C10H15BrN2OS/c1-8-12-7-9(11)10(14)13(8)5-3-2-4-6-15/h7,15H,2-6H2,1H3. The van der Waals surface area contributed by atoms with Gasteiger partial charge in [-0.2, -0.15) is 12.6 Å². The third-order valence-electron chi connectivity index (χ3n) is 2.24. The van der Waals surface area contributed by atoms with Crippen molar-refractivity contribution in [2.75, 3.05) is 5.75 Å². The first-order chi connectivity index (χ1) is 7.16. The van der Waals surface area contributed by atoms with E-state index < -0.39 is 0 Å². The molecule has 0 aliphatic heterocycles. The van der Waals surface area contributed by atoms with Gasteiger partial charge >= 0.3 is 0 Å². The minimum Gasteiger partial charge on any atom is -0.296 e. The van der Waals surface area contributed by atoms with Gasteiger partial charge in [0.1, 0.15) is 10.3 Å². The molecule has 0 atom stereocenters. The van der Waals surface area contributed by atoms with Crippen LogP contribution in [0.3, 0.4) is 0 Å². The third kappa shape index (κ3) is 3.65. The Balaban J connectivity index is 2.68. The van der Waals surface area contributed by atoms with E-state index in [1.54, 1.807) is 10.8 Å². The lowest BCUT2D eigenvalue weighted by Crippen LogP contribution is -2.24. The molecule has 0 saturated heterocycles. The van der Waals surface area contributed by atoms with E-state index in [0.717, 1.165) is 37.4 Å². The molecule has 0 radical (unpaired) electrons. The van der Waals surface area contributed by atoms with Crippen LogP contribution >= 0.6 is 28.6 Å². The topological polar surface area (TPSA) is 34.9 Å². The fourth-order valence-electron chi connectivity index (χ4n) is 1.37. The quantitative estimate of drug-likeness (QED) is 0.668. The van der Waals surface area contributed by atoms with E-state index in [9.17, 15) is 4.79 Å². The van der Waals surface area contributed by atoms with Gasteiger partial charge in [-0.25, -0.2) is 4.98 Å². The van der Waals surface area contributed by atoms with Crippen molar-refractivity contribution in [1.29, 1.82) is 0 Å². The Labute approximate surface area is 103 Å². The van der Waals surface area contributed by atoms with Crippen LogP contribution in [0.1, 0.15) is 25.1 Å². The molecule has 0 aromatic carbocycles. The summed E-state index contributed by atoms with van der Waals surface area (Å²) in [4.78, 5) is 15.9. The summed E-state index contributed by atoms with van der Waals surface area (Å²) in [5, 5.41) is 0. The molecule has 0 spiro atoms. The number of thiol groups is 1. The average molecular weight is 291 g/mol. The number of aromatic nitrogens is 2. The van der Waals surface area contributed by atoms with Gasteiger partial charge in [0.15, 0.2) is 0 Å². The number of hydrogen-bond donors (Lipinski definition) is 1. The maximum Gasteiger partial charge on any atom is 0.267 e. The number of aryl methyl sites for hydroxylation is 1. The zero-order chi connectivity index (χ0) is 11.3. The summed E-state index contributed by atoms with van der Waals surface area (Å²) >= 11 is 7.34. The summed E-state index contributed by atoms with van der Waals surface area (Å²) in [5.41, 5.74) is 0.00775. The minimum absolute atomic E-state index is 0.00775. The zero-order valence-corrected chi connectivity index (χ0v) is 11.2. The lowest BCUT2D eigenvalue weighted by Gasteiger charge is -2.08. The van der Waals surface area contributed by atoms with Crippen molar-refractivity contribution in [1.82, 2.24) is 9.55 Å². The van der Waals surface area contributed by atoms with E-state index in [0.29, 0.717) is 4.47 Å². The second kappa shape index (κ2) is 6.33. The second-order valence-electron chi connectivity index (χ2n) is 3.39. The van der Waals surface area contributed by atoms with Crippen molar-refractivity contribution in [2.24, 2.45) is 0 Å². The van der Waals surface area contributed by atoms with Crippen LogP contribution in [0.5, 0.6) is 0 Å². The highest BCUT2D eigenvalue weighted by atomic mass is 79.9. The molecule has 1 heterocycles. The summed E-state index contributed by atoms with van der Waals surface area (Å²) in [6, 6.07) is 0. The predicted octanol–water partition coefficient (Wildman–Crippen LogP) is 2.41. The smallest absolute Gasteiger partial charge is 0.267 e. The molecule has 84 valence electrons. The molecule has 0 aliphatic rings. The van der Waals surface area contributed by atoms with Crippen molar-refractivity contribution in [2.45, 2.75) is 32.7 Å². The van der Waals surface area contributed by atoms with Gasteiger partial charge in [0.05, 0.1) is 0 Å². The average Bonchev–Trinajstić information content (AvgIpc) is 2.23. The molecule has 0 saturated carbocycles. The third-order valence-corrected chi connectivity index (χ3v) is 3.10. The monoisotopic (exact) mass is 290 g/mol. The molecular formula is C10H15BrN2OS. The Morgan fingerprint density at radius 1 is 1.47 bits per heavy atom. The molecule has 0 fully saturated rings. The van der Waals surface area contributed by atoms with E-state index in [2.05, 4.69) is 33.5 Å². The van der Waals surface area contributed by atoms with Crippen molar-refractivity contribution < 1.29 is 0 Å². The second-order valence-corrected chi connectivity index (χ2v) is 4.70. The zero-order valence-electron chi connectivity index (χ0n) is 8.74. The molecule has 1 aromatic rings. The fraction of sp³-hybridized carbons (Fsp3) is 0.600. The molecule has 0 unspecified atom stereocenters. The van der Waals surface area contributed by atoms with Gasteiger partial charge in [-0.05, 0) is 41.4 Å². The van der Waals surface area contributed by atoms with Crippen molar-refractivity contribution >= 4 is 28.6 Å². The Morgan fingerprint density at radius 2 is 2.20 bits per heavy atom. The summed E-state index contributed by atoms with van der Waals surface area (Å²) in [7, 11) is 0.